The predicted octanol–water partition coefficient (Wildman–Crippen LogP) is 4.32. The lowest BCUT2D eigenvalue weighted by Gasteiger charge is -2.19. The molecule has 0 aliphatic carbocycles. The van der Waals surface area contributed by atoms with Crippen molar-refractivity contribution in [2.75, 3.05) is 14.2 Å². The highest BCUT2D eigenvalue weighted by molar-refractivity contribution is 5.98. The van der Waals surface area contributed by atoms with Crippen molar-refractivity contribution in [1.29, 1.82) is 0 Å². The van der Waals surface area contributed by atoms with Crippen molar-refractivity contribution in [3.8, 4) is 0 Å². The Labute approximate surface area is 172 Å². The summed E-state index contributed by atoms with van der Waals surface area (Å²) in [5.41, 5.74) is 4.51. The average Bonchev–Trinajstić information content (AvgIpc) is 2.72. The summed E-state index contributed by atoms with van der Waals surface area (Å²) in [6.07, 6.45) is -4.44. The number of benzene rings is 2. The molecule has 0 amide bonds. The quantitative estimate of drug-likeness (QED) is 0.388. The van der Waals surface area contributed by atoms with Gasteiger partial charge in [0.1, 0.15) is 6.61 Å². The summed E-state index contributed by atoms with van der Waals surface area (Å²) in [6.45, 7) is 3.39. The van der Waals surface area contributed by atoms with E-state index in [1.54, 1.807) is 19.1 Å². The molecule has 0 bridgehead atoms. The maximum absolute atomic E-state index is 12.9. The first kappa shape index (κ1) is 23.4. The second-order valence-corrected chi connectivity index (χ2v) is 6.45. The van der Waals surface area contributed by atoms with Crippen LogP contribution in [-0.2, 0) is 32.0 Å². The zero-order valence-electron chi connectivity index (χ0n) is 17.0. The summed E-state index contributed by atoms with van der Waals surface area (Å²) in [5, 5.41) is 3.95. The molecule has 162 valence electrons. The molecular formula is C21H23F3N2O4. The number of ether oxygens (including phenoxy) is 1. The van der Waals surface area contributed by atoms with E-state index in [1.165, 1.54) is 26.4 Å². The summed E-state index contributed by atoms with van der Waals surface area (Å²) in [4.78, 5) is 22.4. The summed E-state index contributed by atoms with van der Waals surface area (Å²) >= 11 is 0. The molecule has 2 rings (SSSR count). The van der Waals surface area contributed by atoms with E-state index in [9.17, 15) is 18.0 Å². The van der Waals surface area contributed by atoms with Gasteiger partial charge in [-0.15, -0.1) is 0 Å². The fraction of sp³-hybridized carbons (Fsp3) is 0.333. The summed E-state index contributed by atoms with van der Waals surface area (Å²) in [6, 6.07) is 9.30. The number of carbonyl (C=O) groups excluding carboxylic acids is 1. The summed E-state index contributed by atoms with van der Waals surface area (Å²) in [7, 11) is 2.64. The molecule has 0 aromatic heterocycles. The van der Waals surface area contributed by atoms with Crippen LogP contribution >= 0.6 is 0 Å². The molecule has 1 N–H and O–H groups in total. The SMILES string of the molecule is CONC(C(=O)OC)c1cccc(C)c1CO/N=C(\C)c1cccc(C(F)(F)F)c1. The van der Waals surface area contributed by atoms with Crippen molar-refractivity contribution in [2.24, 2.45) is 5.16 Å². The van der Waals surface area contributed by atoms with Gasteiger partial charge in [-0.2, -0.15) is 18.7 Å². The second kappa shape index (κ2) is 10.2. The number of carbonyl (C=O) groups is 1. The largest absolute Gasteiger partial charge is 0.468 e. The minimum Gasteiger partial charge on any atom is -0.468 e. The van der Waals surface area contributed by atoms with E-state index in [0.29, 0.717) is 16.7 Å². The van der Waals surface area contributed by atoms with Crippen molar-refractivity contribution in [3.63, 3.8) is 0 Å². The third kappa shape index (κ3) is 5.80. The zero-order valence-corrected chi connectivity index (χ0v) is 17.0. The molecule has 30 heavy (non-hydrogen) atoms. The first-order valence-corrected chi connectivity index (χ1v) is 8.98. The Kier molecular flexibility index (Phi) is 7.96. The molecule has 1 atom stereocenters. The zero-order chi connectivity index (χ0) is 22.3. The Hall–Kier alpha value is -2.91. The lowest BCUT2D eigenvalue weighted by atomic mass is 9.97. The normalized spacial score (nSPS) is 13.1. The topological polar surface area (TPSA) is 69.2 Å². The molecule has 0 radical (unpaired) electrons. The van der Waals surface area contributed by atoms with E-state index in [1.807, 2.05) is 13.0 Å². The summed E-state index contributed by atoms with van der Waals surface area (Å²) < 4.78 is 43.5. The van der Waals surface area contributed by atoms with Crippen LogP contribution in [0.1, 0.15) is 40.8 Å². The van der Waals surface area contributed by atoms with Gasteiger partial charge in [0.05, 0.1) is 25.5 Å². The first-order chi connectivity index (χ1) is 14.2. The Morgan fingerprint density at radius 3 is 2.50 bits per heavy atom. The molecule has 0 heterocycles. The van der Waals surface area contributed by atoms with Gasteiger partial charge in [-0.1, -0.05) is 35.5 Å². The number of oxime groups is 1. The number of nitrogens with zero attached hydrogens (tertiary/aromatic N) is 1. The lowest BCUT2D eigenvalue weighted by Crippen LogP contribution is -2.30. The van der Waals surface area contributed by atoms with Crippen LogP contribution in [0.25, 0.3) is 0 Å². The number of hydrogen-bond donors (Lipinski definition) is 1. The van der Waals surface area contributed by atoms with Gasteiger partial charge >= 0.3 is 12.1 Å². The Morgan fingerprint density at radius 1 is 1.17 bits per heavy atom. The van der Waals surface area contributed by atoms with Crippen molar-refractivity contribution >= 4 is 11.7 Å². The molecule has 2 aromatic rings. The van der Waals surface area contributed by atoms with Gasteiger partial charge in [0, 0.05) is 5.56 Å². The maximum atomic E-state index is 12.9. The van der Waals surface area contributed by atoms with E-state index in [-0.39, 0.29) is 12.3 Å². The van der Waals surface area contributed by atoms with Crippen LogP contribution < -0.4 is 5.48 Å². The standard InChI is InChI=1S/C21H23F3N2O4/c1-13-7-5-10-17(19(26-29-4)20(27)28-3)18(13)12-30-25-14(2)15-8-6-9-16(11-15)21(22,23)24/h5-11,19,26H,12H2,1-4H3/b25-14+. The van der Waals surface area contributed by atoms with Gasteiger partial charge in [-0.3, -0.25) is 0 Å². The molecule has 2 aromatic carbocycles. The van der Waals surface area contributed by atoms with Crippen molar-refractivity contribution in [3.05, 3.63) is 70.3 Å². The number of halogens is 3. The van der Waals surface area contributed by atoms with Gasteiger partial charge in [-0.25, -0.2) is 4.79 Å². The average molecular weight is 424 g/mol. The monoisotopic (exact) mass is 424 g/mol. The number of hydroxylamine groups is 1. The first-order valence-electron chi connectivity index (χ1n) is 8.98. The number of nitrogens with one attached hydrogen (secondary N) is 1. The Bertz CT molecular complexity index is 913. The van der Waals surface area contributed by atoms with Crippen LogP contribution in [0.3, 0.4) is 0 Å². The summed E-state index contributed by atoms with van der Waals surface area (Å²) in [5.74, 6) is -0.549. The van der Waals surface area contributed by atoms with E-state index >= 15 is 0 Å². The van der Waals surface area contributed by atoms with Gasteiger partial charge in [0.15, 0.2) is 6.04 Å². The number of hydrogen-bond acceptors (Lipinski definition) is 6. The van der Waals surface area contributed by atoms with Gasteiger partial charge < -0.3 is 14.4 Å². The molecule has 1 unspecified atom stereocenters. The fourth-order valence-electron chi connectivity index (χ4n) is 2.83. The lowest BCUT2D eigenvalue weighted by molar-refractivity contribution is -0.147. The highest BCUT2D eigenvalue weighted by Gasteiger charge is 2.30. The molecule has 9 heteroatoms. The molecule has 0 fully saturated rings. The molecule has 0 saturated carbocycles. The van der Waals surface area contributed by atoms with E-state index in [2.05, 4.69) is 10.6 Å². The third-order valence-corrected chi connectivity index (χ3v) is 4.45. The van der Waals surface area contributed by atoms with E-state index < -0.39 is 23.8 Å². The molecule has 0 aliphatic rings. The number of alkyl halides is 3. The van der Waals surface area contributed by atoms with E-state index in [0.717, 1.165) is 17.7 Å². The molecule has 0 saturated heterocycles. The van der Waals surface area contributed by atoms with Crippen LogP contribution in [0.2, 0.25) is 0 Å². The molecular weight excluding hydrogens is 401 g/mol. The minimum absolute atomic E-state index is 0.00278. The third-order valence-electron chi connectivity index (χ3n) is 4.45. The highest BCUT2D eigenvalue weighted by Crippen LogP contribution is 2.29. The number of esters is 1. The molecule has 6 nitrogen and oxygen atoms in total. The molecule has 0 aliphatic heterocycles. The van der Waals surface area contributed by atoms with Crippen LogP contribution in [0, 0.1) is 6.92 Å². The van der Waals surface area contributed by atoms with Crippen LogP contribution in [0.5, 0.6) is 0 Å². The highest BCUT2D eigenvalue weighted by atomic mass is 19.4. The predicted molar refractivity (Wildman–Crippen MR) is 105 cm³/mol. The van der Waals surface area contributed by atoms with Crippen molar-refractivity contribution in [1.82, 2.24) is 5.48 Å². The van der Waals surface area contributed by atoms with Crippen LogP contribution in [0.15, 0.2) is 47.6 Å². The maximum Gasteiger partial charge on any atom is 0.416 e. The second-order valence-electron chi connectivity index (χ2n) is 6.45. The smallest absolute Gasteiger partial charge is 0.416 e. The molecule has 0 spiro atoms. The number of aryl methyl sites for hydroxylation is 1. The number of rotatable bonds is 8. The van der Waals surface area contributed by atoms with E-state index in [4.69, 9.17) is 14.4 Å². The van der Waals surface area contributed by atoms with Crippen LogP contribution in [0.4, 0.5) is 13.2 Å². The number of methoxy groups -OCH3 is 1. The fourth-order valence-corrected chi connectivity index (χ4v) is 2.83. The van der Waals surface area contributed by atoms with Gasteiger partial charge in [0.2, 0.25) is 0 Å². The Balaban J connectivity index is 2.24. The van der Waals surface area contributed by atoms with Crippen molar-refractivity contribution in [2.45, 2.75) is 32.7 Å². The van der Waals surface area contributed by atoms with Gasteiger partial charge in [-0.05, 0) is 42.7 Å². The van der Waals surface area contributed by atoms with Crippen molar-refractivity contribution < 1.29 is 32.4 Å². The Morgan fingerprint density at radius 2 is 1.87 bits per heavy atom. The minimum atomic E-state index is -4.44. The van der Waals surface area contributed by atoms with Gasteiger partial charge in [0.25, 0.3) is 0 Å². The van der Waals surface area contributed by atoms with Crippen LogP contribution in [-0.4, -0.2) is 25.9 Å².